The van der Waals surface area contributed by atoms with Crippen molar-refractivity contribution in [2.75, 3.05) is 19.8 Å². The van der Waals surface area contributed by atoms with E-state index in [1.807, 2.05) is 6.08 Å². The number of phosphoric acid groups is 1. The normalized spacial score (nSPS) is 14.6. The van der Waals surface area contributed by atoms with E-state index in [9.17, 15) is 34.1 Å². The zero-order chi connectivity index (χ0) is 49.9. The molecule has 0 spiro atoms. The molecule has 0 rings (SSSR count). The minimum absolute atomic E-state index is 0.0814. The second-order valence-electron chi connectivity index (χ2n) is 16.2. The Labute approximate surface area is 411 Å². The van der Waals surface area contributed by atoms with Gasteiger partial charge in [0.2, 0.25) is 5.91 Å². The van der Waals surface area contributed by atoms with E-state index >= 15 is 0 Å². The van der Waals surface area contributed by atoms with Gasteiger partial charge < -0.3 is 25.2 Å². The lowest BCUT2D eigenvalue weighted by Crippen LogP contribution is -2.43. The van der Waals surface area contributed by atoms with Crippen molar-refractivity contribution in [3.05, 3.63) is 134 Å². The van der Waals surface area contributed by atoms with Crippen LogP contribution in [0.4, 0.5) is 0 Å². The number of amides is 1. The second-order valence-corrected chi connectivity index (χ2v) is 17.7. The molecule has 0 aromatic rings. The van der Waals surface area contributed by atoms with E-state index in [0.717, 1.165) is 122 Å². The Bertz CT molecular complexity index is 1650. The fourth-order valence-electron chi connectivity index (χ4n) is 6.11. The molecule has 0 aromatic carbocycles. The minimum atomic E-state index is -4.79. The van der Waals surface area contributed by atoms with Crippen LogP contribution in [0.1, 0.15) is 168 Å². The lowest BCUT2D eigenvalue weighted by Gasteiger charge is -2.18. The van der Waals surface area contributed by atoms with Crippen LogP contribution in [0.5, 0.6) is 0 Å². The number of unbranched alkanes of at least 4 members (excludes halogenated alkanes) is 9. The van der Waals surface area contributed by atoms with Crippen molar-refractivity contribution in [1.82, 2.24) is 5.32 Å². The Kier molecular flexibility index (Phi) is 45.9. The highest BCUT2D eigenvalue weighted by molar-refractivity contribution is 7.47. The number of aliphatic hydroxyl groups excluding tert-OH is 1. The van der Waals surface area contributed by atoms with Crippen LogP contribution in [0.15, 0.2) is 134 Å². The smallest absolute Gasteiger partial charge is 0.472 e. The van der Waals surface area contributed by atoms with E-state index in [1.165, 1.54) is 6.42 Å². The molecule has 0 aliphatic heterocycles. The first kappa shape index (κ1) is 63.6. The quantitative estimate of drug-likeness (QED) is 0.0199. The first-order chi connectivity index (χ1) is 33.1. The highest BCUT2D eigenvalue weighted by atomic mass is 31.2. The molecule has 382 valence electrons. The molecule has 0 saturated carbocycles. The minimum Gasteiger partial charge on any atom is -0.480 e. The molecule has 3 atom stereocenters. The number of allylic oxidation sites excluding steroid dienone is 22. The van der Waals surface area contributed by atoms with Gasteiger partial charge in [0.05, 0.1) is 13.2 Å². The van der Waals surface area contributed by atoms with Crippen LogP contribution in [0.2, 0.25) is 0 Å². The second kappa shape index (κ2) is 49.1. The van der Waals surface area contributed by atoms with Crippen molar-refractivity contribution in [2.24, 2.45) is 0 Å². The maximum absolute atomic E-state index is 12.3. The van der Waals surface area contributed by atoms with Gasteiger partial charge >= 0.3 is 19.8 Å². The number of hydrogen-bond donors (Lipinski definition) is 4. The van der Waals surface area contributed by atoms with Crippen molar-refractivity contribution < 1.29 is 47.8 Å². The van der Waals surface area contributed by atoms with E-state index in [4.69, 9.17) is 13.8 Å². The number of aliphatic carboxylic acids is 1. The third-order valence-electron chi connectivity index (χ3n) is 9.93. The van der Waals surface area contributed by atoms with Gasteiger partial charge in [0.25, 0.3) is 0 Å². The summed E-state index contributed by atoms with van der Waals surface area (Å²) < 4.78 is 26.9. The molecule has 12 heteroatoms. The highest BCUT2D eigenvalue weighted by Gasteiger charge is 2.28. The number of carbonyl (C=O) groups excluding carboxylic acids is 2. The summed E-state index contributed by atoms with van der Waals surface area (Å²) in [5.74, 6) is -2.46. The van der Waals surface area contributed by atoms with Crippen LogP contribution in [0.3, 0.4) is 0 Å². The van der Waals surface area contributed by atoms with Crippen LogP contribution in [-0.2, 0) is 32.7 Å². The Morgan fingerprint density at radius 1 is 0.471 bits per heavy atom. The molecule has 0 aromatic heterocycles. The van der Waals surface area contributed by atoms with Crippen molar-refractivity contribution in [2.45, 2.75) is 180 Å². The molecule has 4 N–H and O–H groups in total. The average molecular weight is 966 g/mol. The number of rotatable bonds is 45. The lowest BCUT2D eigenvalue weighted by molar-refractivity contribution is -0.147. The first-order valence-electron chi connectivity index (χ1n) is 25.2. The van der Waals surface area contributed by atoms with Crippen LogP contribution < -0.4 is 5.32 Å². The van der Waals surface area contributed by atoms with Gasteiger partial charge in [0, 0.05) is 12.8 Å². The highest BCUT2D eigenvalue weighted by Crippen LogP contribution is 2.43. The largest absolute Gasteiger partial charge is 0.480 e. The topological polar surface area (TPSA) is 169 Å². The van der Waals surface area contributed by atoms with Crippen LogP contribution in [0.25, 0.3) is 0 Å². The molecule has 0 saturated heterocycles. The third-order valence-corrected chi connectivity index (χ3v) is 10.9. The molecule has 1 amide bonds. The molecule has 0 fully saturated rings. The number of carbonyl (C=O) groups is 3. The third kappa shape index (κ3) is 48.1. The Hall–Kier alpha value is -4.38. The van der Waals surface area contributed by atoms with Gasteiger partial charge in [0.1, 0.15) is 12.7 Å². The van der Waals surface area contributed by atoms with Crippen molar-refractivity contribution in [3.8, 4) is 0 Å². The van der Waals surface area contributed by atoms with Gasteiger partial charge in [-0.05, 0) is 109 Å². The van der Waals surface area contributed by atoms with Gasteiger partial charge in [0.15, 0.2) is 6.04 Å². The van der Waals surface area contributed by atoms with E-state index in [2.05, 4.69) is 147 Å². The van der Waals surface area contributed by atoms with Crippen molar-refractivity contribution in [3.63, 3.8) is 0 Å². The Morgan fingerprint density at radius 2 is 0.809 bits per heavy atom. The molecular weight excluding hydrogens is 878 g/mol. The molecule has 11 nitrogen and oxygen atoms in total. The summed E-state index contributed by atoms with van der Waals surface area (Å²) in [6, 6.07) is -1.58. The first-order valence-corrected chi connectivity index (χ1v) is 26.7. The monoisotopic (exact) mass is 966 g/mol. The summed E-state index contributed by atoms with van der Waals surface area (Å²) in [6.07, 6.45) is 67.6. The van der Waals surface area contributed by atoms with Crippen LogP contribution in [-0.4, -0.2) is 64.9 Å². The number of ether oxygens (including phenoxy) is 1. The number of phosphoric ester groups is 1. The summed E-state index contributed by atoms with van der Waals surface area (Å²) in [6.45, 7) is 2.31. The van der Waals surface area contributed by atoms with E-state index < -0.39 is 57.6 Å². The summed E-state index contributed by atoms with van der Waals surface area (Å²) in [4.78, 5) is 46.1. The molecule has 0 aliphatic carbocycles. The predicted molar refractivity (Wildman–Crippen MR) is 281 cm³/mol. The standard InChI is InChI=1S/C56H88NO10P/c1-3-5-7-9-11-13-15-17-19-21-23-25-26-28-30-32-34-36-38-40-42-44-46-48-55(60)65-49-52(58)50-66-68(63,64)67-51-53(56(61)62)57-54(59)47-45-43-41-39-37-35-33-31-29-27-24-22-20-18-16-14-12-10-8-6-4-2/h5-8,11-14,17-20,23-25,27-28,30-31,33,37,39,52-53,58H,3-4,9-10,15-16,21-22,26,29,32,34-36,38,40-51H2,1-2H3,(H,57,59)(H,61,62)(H,63,64)/b7-5-,8-6-,13-11-,14-12-,19-17-,20-18-,25-23-,27-24-,30-28-,33-31-,39-37-. The lowest BCUT2D eigenvalue weighted by atomic mass is 10.1. The number of nitrogens with one attached hydrogen (secondary N) is 1. The zero-order valence-electron chi connectivity index (χ0n) is 41.6. The maximum atomic E-state index is 12.3. The number of aliphatic hydroxyl groups is 1. The van der Waals surface area contributed by atoms with Gasteiger partial charge in [-0.1, -0.05) is 180 Å². The number of esters is 1. The molecule has 0 radical (unpaired) electrons. The van der Waals surface area contributed by atoms with Crippen molar-refractivity contribution in [1.29, 1.82) is 0 Å². The summed E-state index contributed by atoms with van der Waals surface area (Å²) >= 11 is 0. The van der Waals surface area contributed by atoms with Crippen molar-refractivity contribution >= 4 is 25.7 Å². The summed E-state index contributed by atoms with van der Waals surface area (Å²) in [5.41, 5.74) is 0. The van der Waals surface area contributed by atoms with Crippen LogP contribution >= 0.6 is 7.82 Å². The van der Waals surface area contributed by atoms with E-state index in [1.54, 1.807) is 0 Å². The molecule has 68 heavy (non-hydrogen) atoms. The van der Waals surface area contributed by atoms with Gasteiger partial charge in [-0.25, -0.2) is 9.36 Å². The number of carboxylic acid groups (broad SMARTS) is 1. The van der Waals surface area contributed by atoms with E-state index in [0.29, 0.717) is 12.8 Å². The predicted octanol–water partition coefficient (Wildman–Crippen LogP) is 14.1. The maximum Gasteiger partial charge on any atom is 0.472 e. The fourth-order valence-corrected chi connectivity index (χ4v) is 6.88. The Morgan fingerprint density at radius 3 is 1.22 bits per heavy atom. The molecule has 3 unspecified atom stereocenters. The number of hydrogen-bond acceptors (Lipinski definition) is 8. The molecule has 0 aliphatic rings. The SMILES string of the molecule is CC/C=C\C/C=C\C/C=C\C/C=C\C/C=C\C/C=C\CCCCC(=O)NC(COP(=O)(O)OCC(O)COC(=O)CCCCCCCCC/C=C\C/C=C\C/C=C\C/C=C\C/C=C\CC)C(=O)O. The van der Waals surface area contributed by atoms with Gasteiger partial charge in [-0.3, -0.25) is 18.6 Å². The summed E-state index contributed by atoms with van der Waals surface area (Å²) in [5, 5.41) is 21.9. The Balaban J connectivity index is 3.96. The number of carboxylic acids is 1. The molecule has 0 bridgehead atoms. The van der Waals surface area contributed by atoms with Gasteiger partial charge in [-0.2, -0.15) is 0 Å². The zero-order valence-corrected chi connectivity index (χ0v) is 42.5. The molecule has 0 heterocycles. The average Bonchev–Trinajstić information content (AvgIpc) is 3.32. The summed E-state index contributed by atoms with van der Waals surface area (Å²) in [7, 11) is -4.79. The van der Waals surface area contributed by atoms with E-state index in [-0.39, 0.29) is 12.8 Å². The van der Waals surface area contributed by atoms with Crippen LogP contribution in [0, 0.1) is 0 Å². The van der Waals surface area contributed by atoms with Gasteiger partial charge in [-0.15, -0.1) is 0 Å². The molecular formula is C56H88NO10P. The fraction of sp³-hybridized carbons (Fsp3) is 0.554.